The first-order valence-corrected chi connectivity index (χ1v) is 14.5. The number of para-hydroxylation sites is 1. The minimum Gasteiger partial charge on any atom is -0.467 e. The molecule has 0 aliphatic carbocycles. The normalized spacial score (nSPS) is 12.4. The quantitative estimate of drug-likeness (QED) is 0.172. The van der Waals surface area contributed by atoms with E-state index in [1.807, 2.05) is 81.8 Å². The number of carbonyl (C=O) groups excluding carboxylic acids is 2. The van der Waals surface area contributed by atoms with Crippen LogP contribution in [0.1, 0.15) is 62.0 Å². The van der Waals surface area contributed by atoms with Gasteiger partial charge in [-0.05, 0) is 44.1 Å². The molecular weight excluding hydrogens is 579 g/mol. The summed E-state index contributed by atoms with van der Waals surface area (Å²) in [5.74, 6) is -0.247. The predicted molar refractivity (Wildman–Crippen MR) is 168 cm³/mol. The predicted octanol–water partition coefficient (Wildman–Crippen LogP) is 6.15. The summed E-state index contributed by atoms with van der Waals surface area (Å²) in [5, 5.41) is 3.43. The smallest absolute Gasteiger partial charge is 0.295 e. The van der Waals surface area contributed by atoms with Crippen molar-refractivity contribution in [2.75, 3.05) is 39.9 Å². The van der Waals surface area contributed by atoms with Crippen molar-refractivity contribution in [1.82, 2.24) is 14.3 Å². The van der Waals surface area contributed by atoms with Crippen LogP contribution in [0.2, 0.25) is 10.0 Å². The molecule has 0 aliphatic rings. The Labute approximate surface area is 257 Å². The molecule has 2 aromatic carbocycles. The van der Waals surface area contributed by atoms with Crippen LogP contribution in [-0.4, -0.2) is 60.5 Å². The lowest BCUT2D eigenvalue weighted by molar-refractivity contribution is -0.118. The lowest BCUT2D eigenvalue weighted by Crippen LogP contribution is -2.27. The number of ether oxygens (including phenoxy) is 2. The van der Waals surface area contributed by atoms with Crippen LogP contribution in [0.15, 0.2) is 47.3 Å². The molecule has 228 valence electrons. The average molecular weight is 620 g/mol. The average Bonchev–Trinajstić information content (AvgIpc) is 3.16. The number of likely N-dealkylation sites (N-methyl/N-ethyl adjacent to an activating group) is 1. The van der Waals surface area contributed by atoms with E-state index in [2.05, 4.69) is 5.32 Å². The van der Waals surface area contributed by atoms with E-state index in [1.165, 1.54) is 19.2 Å². The minimum atomic E-state index is -0.549. The van der Waals surface area contributed by atoms with Gasteiger partial charge >= 0.3 is 0 Å². The van der Waals surface area contributed by atoms with Crippen LogP contribution < -0.4 is 15.6 Å². The first-order valence-electron chi connectivity index (χ1n) is 13.7. The molecule has 1 atom stereocenters. The summed E-state index contributed by atoms with van der Waals surface area (Å²) in [7, 11) is 7.24. The van der Waals surface area contributed by atoms with Crippen LogP contribution in [0, 0.1) is 5.41 Å². The van der Waals surface area contributed by atoms with Gasteiger partial charge in [-0.25, -0.2) is 4.68 Å². The molecule has 0 saturated carbocycles. The number of rotatable bonds is 14. The third-order valence-corrected chi connectivity index (χ3v) is 7.73. The summed E-state index contributed by atoms with van der Waals surface area (Å²) in [4.78, 5) is 42.2. The Balaban J connectivity index is 1.80. The second-order valence-electron chi connectivity index (χ2n) is 11.5. The van der Waals surface area contributed by atoms with Crippen molar-refractivity contribution in [3.63, 3.8) is 0 Å². The summed E-state index contributed by atoms with van der Waals surface area (Å²) in [5.41, 5.74) is 1.16. The highest BCUT2D eigenvalue weighted by Gasteiger charge is 2.29. The van der Waals surface area contributed by atoms with Gasteiger partial charge in [0.15, 0.2) is 12.6 Å². The molecular formula is C31H40Cl2N4O5. The molecule has 9 nitrogen and oxygen atoms in total. The number of Topliss-reactive ketones (excluding diaryl/α,β-unsaturated/α-hetero) is 1. The van der Waals surface area contributed by atoms with E-state index in [9.17, 15) is 14.4 Å². The van der Waals surface area contributed by atoms with Crippen molar-refractivity contribution in [2.45, 2.75) is 46.0 Å². The van der Waals surface area contributed by atoms with Crippen molar-refractivity contribution in [3.05, 3.63) is 74.1 Å². The second-order valence-corrected chi connectivity index (χ2v) is 12.3. The molecule has 3 rings (SSSR count). The fraction of sp³-hybridized carbons (Fsp3) is 0.452. The van der Waals surface area contributed by atoms with Gasteiger partial charge in [0, 0.05) is 45.5 Å². The molecule has 0 radical (unpaired) electrons. The molecule has 3 aromatic rings. The van der Waals surface area contributed by atoms with Gasteiger partial charge in [0.05, 0.1) is 27.0 Å². The topological polar surface area (TPSA) is 94.8 Å². The van der Waals surface area contributed by atoms with Gasteiger partial charge in [0.2, 0.25) is 5.91 Å². The molecule has 1 heterocycles. The molecule has 42 heavy (non-hydrogen) atoms. The Morgan fingerprint density at radius 2 is 1.74 bits per heavy atom. The zero-order valence-corrected chi connectivity index (χ0v) is 26.8. The summed E-state index contributed by atoms with van der Waals surface area (Å²) >= 11 is 12.3. The standard InChI is InChI=1S/C31H40Cl2N4O5/c1-20(18-35(4)5)29-28(30(40)37(36(29)6)21-11-9-8-10-12-21)34-27(39)17-31(2,3)14-13-25(38)22-15-23(32)24(33)16-26(22)42-19-41-7/h8-12,15-16,20H,13-14,17-19H2,1-7H3,(H,34,39). The molecule has 1 N–H and O–H groups in total. The maximum absolute atomic E-state index is 13.7. The Morgan fingerprint density at radius 3 is 2.36 bits per heavy atom. The summed E-state index contributed by atoms with van der Waals surface area (Å²) < 4.78 is 13.9. The van der Waals surface area contributed by atoms with Crippen LogP contribution in [0.3, 0.4) is 0 Å². The Hall–Kier alpha value is -3.11. The number of aromatic nitrogens is 2. The van der Waals surface area contributed by atoms with Crippen LogP contribution >= 0.6 is 23.2 Å². The van der Waals surface area contributed by atoms with Crippen molar-refractivity contribution in [3.8, 4) is 11.4 Å². The third-order valence-electron chi connectivity index (χ3n) is 7.01. The number of anilines is 1. The van der Waals surface area contributed by atoms with Gasteiger partial charge in [-0.1, -0.05) is 62.2 Å². The molecule has 1 aromatic heterocycles. The van der Waals surface area contributed by atoms with Crippen LogP contribution in [0.5, 0.6) is 5.75 Å². The highest BCUT2D eigenvalue weighted by atomic mass is 35.5. The zero-order valence-electron chi connectivity index (χ0n) is 25.3. The number of carbonyl (C=O) groups is 2. The lowest BCUT2D eigenvalue weighted by atomic mass is 9.82. The number of nitrogens with zero attached hydrogens (tertiary/aromatic N) is 3. The molecule has 1 unspecified atom stereocenters. The fourth-order valence-corrected chi connectivity index (χ4v) is 5.40. The number of halogens is 2. The van der Waals surface area contributed by atoms with E-state index in [0.29, 0.717) is 24.2 Å². The molecule has 0 aliphatic heterocycles. The fourth-order valence-electron chi connectivity index (χ4n) is 5.08. The van der Waals surface area contributed by atoms with Gasteiger partial charge in [0.25, 0.3) is 5.56 Å². The second kappa shape index (κ2) is 14.4. The number of ketones is 1. The number of amides is 1. The van der Waals surface area contributed by atoms with Crippen molar-refractivity contribution in [1.29, 1.82) is 0 Å². The largest absolute Gasteiger partial charge is 0.467 e. The summed E-state index contributed by atoms with van der Waals surface area (Å²) in [6.07, 6.45) is 0.671. The highest BCUT2D eigenvalue weighted by molar-refractivity contribution is 6.42. The summed E-state index contributed by atoms with van der Waals surface area (Å²) in [6.45, 7) is 6.50. The van der Waals surface area contributed by atoms with E-state index in [-0.39, 0.29) is 64.3 Å². The van der Waals surface area contributed by atoms with Gasteiger partial charge in [-0.2, -0.15) is 0 Å². The van der Waals surface area contributed by atoms with Crippen molar-refractivity contribution >= 4 is 40.6 Å². The van der Waals surface area contributed by atoms with Gasteiger partial charge in [-0.3, -0.25) is 19.1 Å². The van der Waals surface area contributed by atoms with Crippen LogP contribution in [0.25, 0.3) is 5.69 Å². The maximum Gasteiger partial charge on any atom is 0.295 e. The van der Waals surface area contributed by atoms with Crippen molar-refractivity contribution in [2.24, 2.45) is 12.5 Å². The van der Waals surface area contributed by atoms with Gasteiger partial charge in [0.1, 0.15) is 11.4 Å². The lowest BCUT2D eigenvalue weighted by Gasteiger charge is -2.24. The minimum absolute atomic E-state index is 0.0377. The van der Waals surface area contributed by atoms with E-state index >= 15 is 0 Å². The van der Waals surface area contributed by atoms with Crippen molar-refractivity contribution < 1.29 is 19.1 Å². The maximum atomic E-state index is 13.7. The highest BCUT2D eigenvalue weighted by Crippen LogP contribution is 2.34. The number of nitrogens with one attached hydrogen (secondary N) is 1. The SMILES string of the molecule is COCOc1cc(Cl)c(Cl)cc1C(=O)CCC(C)(C)CC(=O)Nc1c(C(C)CN(C)C)n(C)n(-c2ccccc2)c1=O. The van der Waals surface area contributed by atoms with Gasteiger partial charge in [-0.15, -0.1) is 0 Å². The third kappa shape index (κ3) is 8.25. The zero-order chi connectivity index (χ0) is 31.2. The molecule has 0 spiro atoms. The first-order chi connectivity index (χ1) is 19.8. The Morgan fingerprint density at radius 1 is 1.10 bits per heavy atom. The van der Waals surface area contributed by atoms with E-state index in [4.69, 9.17) is 32.7 Å². The molecule has 0 fully saturated rings. The number of benzene rings is 2. The summed E-state index contributed by atoms with van der Waals surface area (Å²) in [6, 6.07) is 12.3. The van der Waals surface area contributed by atoms with E-state index in [0.717, 1.165) is 5.69 Å². The molecule has 0 saturated heterocycles. The first kappa shape index (κ1) is 33.4. The van der Waals surface area contributed by atoms with Crippen LogP contribution in [-0.2, 0) is 16.6 Å². The molecule has 1 amide bonds. The van der Waals surface area contributed by atoms with Crippen LogP contribution in [0.4, 0.5) is 5.69 Å². The Kier molecular flexibility index (Phi) is 11.4. The number of methoxy groups -OCH3 is 1. The Bertz CT molecular complexity index is 1460. The number of hydrogen-bond acceptors (Lipinski definition) is 6. The monoisotopic (exact) mass is 618 g/mol. The van der Waals surface area contributed by atoms with E-state index < -0.39 is 5.41 Å². The molecule has 11 heteroatoms. The number of hydrogen-bond donors (Lipinski definition) is 1. The van der Waals surface area contributed by atoms with Gasteiger partial charge < -0.3 is 19.7 Å². The van der Waals surface area contributed by atoms with E-state index in [1.54, 1.807) is 4.68 Å². The molecule has 0 bridgehead atoms.